The molecule has 0 spiro atoms. The van der Waals surface area contributed by atoms with Crippen molar-refractivity contribution in [2.45, 2.75) is 13.3 Å². The molecule has 9 nitrogen and oxygen atoms in total. The first kappa shape index (κ1) is 17.2. The molecule has 1 fully saturated rings. The lowest BCUT2D eigenvalue weighted by Gasteiger charge is -2.34. The summed E-state index contributed by atoms with van der Waals surface area (Å²) < 4.78 is 10.0. The van der Waals surface area contributed by atoms with E-state index in [1.54, 1.807) is 18.2 Å². The van der Waals surface area contributed by atoms with Gasteiger partial charge in [0.25, 0.3) is 0 Å². The van der Waals surface area contributed by atoms with Gasteiger partial charge in [0.1, 0.15) is 0 Å². The van der Waals surface area contributed by atoms with Gasteiger partial charge in [-0.25, -0.2) is 4.79 Å². The van der Waals surface area contributed by atoms with Crippen molar-refractivity contribution >= 4 is 17.9 Å². The van der Waals surface area contributed by atoms with Gasteiger partial charge in [0.15, 0.2) is 5.82 Å². The first-order chi connectivity index (χ1) is 11.2. The number of anilines is 2. The topological polar surface area (TPSA) is 92.7 Å². The third-order valence-corrected chi connectivity index (χ3v) is 3.48. The van der Waals surface area contributed by atoms with Crippen molar-refractivity contribution in [3.63, 3.8) is 0 Å². The number of nitrogens with one attached hydrogen (secondary N) is 1. The number of carbonyl (C=O) groups is 1. The molecular formula is C14H24N6O3. The van der Waals surface area contributed by atoms with Crippen molar-refractivity contribution in [2.75, 3.05) is 63.3 Å². The van der Waals surface area contributed by atoms with E-state index in [1.807, 2.05) is 6.92 Å². The molecule has 0 unspecified atom stereocenters. The Labute approximate surface area is 136 Å². The van der Waals surface area contributed by atoms with Gasteiger partial charge in [0.05, 0.1) is 12.8 Å². The molecule has 1 aromatic heterocycles. The summed E-state index contributed by atoms with van der Waals surface area (Å²) in [6, 6.07) is 0. The SMILES string of the molecule is CCOC(=O)N1CCN(c2cnnc(NCCCOC)n2)CC1. The lowest BCUT2D eigenvalue weighted by Crippen LogP contribution is -2.49. The Morgan fingerprint density at radius 3 is 2.83 bits per heavy atom. The summed E-state index contributed by atoms with van der Waals surface area (Å²) >= 11 is 0. The van der Waals surface area contributed by atoms with Crippen LogP contribution in [0.2, 0.25) is 0 Å². The second-order valence-electron chi connectivity index (χ2n) is 5.08. The Hall–Kier alpha value is -2.16. The van der Waals surface area contributed by atoms with E-state index in [9.17, 15) is 4.79 Å². The van der Waals surface area contributed by atoms with Crippen LogP contribution in [0, 0.1) is 0 Å². The summed E-state index contributed by atoms with van der Waals surface area (Å²) in [7, 11) is 1.68. The maximum Gasteiger partial charge on any atom is 0.409 e. The highest BCUT2D eigenvalue weighted by molar-refractivity contribution is 5.68. The average molecular weight is 324 g/mol. The van der Waals surface area contributed by atoms with E-state index in [0.29, 0.717) is 45.3 Å². The first-order valence-corrected chi connectivity index (χ1v) is 7.83. The minimum absolute atomic E-state index is 0.256. The van der Waals surface area contributed by atoms with E-state index in [-0.39, 0.29) is 6.09 Å². The zero-order chi connectivity index (χ0) is 16.5. The molecule has 1 N–H and O–H groups in total. The number of rotatable bonds is 7. The molecule has 1 saturated heterocycles. The highest BCUT2D eigenvalue weighted by Gasteiger charge is 2.23. The Bertz CT molecular complexity index is 493. The molecule has 0 aromatic carbocycles. The molecule has 0 radical (unpaired) electrons. The predicted octanol–water partition coefficient (Wildman–Crippen LogP) is 0.598. The van der Waals surface area contributed by atoms with Gasteiger partial charge < -0.3 is 24.6 Å². The molecule has 0 bridgehead atoms. The molecule has 0 saturated carbocycles. The van der Waals surface area contributed by atoms with Crippen molar-refractivity contribution in [1.82, 2.24) is 20.1 Å². The number of amides is 1. The fourth-order valence-corrected chi connectivity index (χ4v) is 2.27. The number of nitrogens with zero attached hydrogens (tertiary/aromatic N) is 5. The third-order valence-electron chi connectivity index (χ3n) is 3.48. The van der Waals surface area contributed by atoms with Gasteiger partial charge in [-0.3, -0.25) is 0 Å². The van der Waals surface area contributed by atoms with E-state index in [4.69, 9.17) is 9.47 Å². The minimum atomic E-state index is -0.256. The molecule has 1 amide bonds. The van der Waals surface area contributed by atoms with E-state index >= 15 is 0 Å². The Morgan fingerprint density at radius 1 is 1.35 bits per heavy atom. The average Bonchev–Trinajstić information content (AvgIpc) is 2.59. The summed E-state index contributed by atoms with van der Waals surface area (Å²) in [6.07, 6.45) is 2.26. The molecule has 23 heavy (non-hydrogen) atoms. The predicted molar refractivity (Wildman–Crippen MR) is 85.6 cm³/mol. The van der Waals surface area contributed by atoms with Gasteiger partial charge in [-0.2, -0.15) is 10.1 Å². The van der Waals surface area contributed by atoms with Crippen LogP contribution in [-0.2, 0) is 9.47 Å². The van der Waals surface area contributed by atoms with Crippen molar-refractivity contribution in [3.8, 4) is 0 Å². The summed E-state index contributed by atoms with van der Waals surface area (Å²) in [6.45, 7) is 6.24. The molecule has 1 aliphatic heterocycles. The van der Waals surface area contributed by atoms with E-state index < -0.39 is 0 Å². The van der Waals surface area contributed by atoms with Crippen molar-refractivity contribution in [3.05, 3.63) is 6.20 Å². The maximum absolute atomic E-state index is 11.7. The van der Waals surface area contributed by atoms with Crippen molar-refractivity contribution in [2.24, 2.45) is 0 Å². The summed E-state index contributed by atoms with van der Waals surface area (Å²) in [4.78, 5) is 20.0. The van der Waals surface area contributed by atoms with Crippen molar-refractivity contribution in [1.29, 1.82) is 0 Å². The van der Waals surface area contributed by atoms with Crippen LogP contribution < -0.4 is 10.2 Å². The fourth-order valence-electron chi connectivity index (χ4n) is 2.27. The number of ether oxygens (including phenoxy) is 2. The number of carbonyl (C=O) groups excluding carboxylic acids is 1. The molecule has 2 rings (SSSR count). The van der Waals surface area contributed by atoms with Crippen LogP contribution in [0.3, 0.4) is 0 Å². The van der Waals surface area contributed by atoms with Gasteiger partial charge >= 0.3 is 6.09 Å². The highest BCUT2D eigenvalue weighted by Crippen LogP contribution is 2.14. The van der Waals surface area contributed by atoms with Crippen LogP contribution in [-0.4, -0.2) is 79.2 Å². The Balaban J connectivity index is 1.84. The van der Waals surface area contributed by atoms with Crippen LogP contribution in [0.5, 0.6) is 0 Å². The first-order valence-electron chi connectivity index (χ1n) is 7.83. The van der Waals surface area contributed by atoms with Crippen LogP contribution in [0.15, 0.2) is 6.20 Å². The number of methoxy groups -OCH3 is 1. The quantitative estimate of drug-likeness (QED) is 0.729. The molecule has 2 heterocycles. The monoisotopic (exact) mass is 324 g/mol. The summed E-state index contributed by atoms with van der Waals surface area (Å²) in [5, 5.41) is 11.1. The van der Waals surface area contributed by atoms with Gasteiger partial charge in [0.2, 0.25) is 5.95 Å². The van der Waals surface area contributed by atoms with E-state index in [0.717, 1.165) is 18.8 Å². The lowest BCUT2D eigenvalue weighted by molar-refractivity contribution is 0.105. The molecule has 128 valence electrons. The largest absolute Gasteiger partial charge is 0.450 e. The number of hydrogen-bond donors (Lipinski definition) is 1. The summed E-state index contributed by atoms with van der Waals surface area (Å²) in [5.74, 6) is 1.27. The molecular weight excluding hydrogens is 300 g/mol. The maximum atomic E-state index is 11.7. The van der Waals surface area contributed by atoms with Crippen LogP contribution >= 0.6 is 0 Å². The molecule has 1 aliphatic rings. The smallest absolute Gasteiger partial charge is 0.409 e. The van der Waals surface area contributed by atoms with Gasteiger partial charge in [-0.1, -0.05) is 0 Å². The standard InChI is InChI=1S/C14H24N6O3/c1-3-23-14(21)20-8-6-19(7-9-20)12-11-16-18-13(17-12)15-5-4-10-22-2/h11H,3-10H2,1-2H3,(H,15,17,18). The lowest BCUT2D eigenvalue weighted by atomic mass is 10.3. The number of piperazine rings is 1. The normalized spacial score (nSPS) is 14.7. The van der Waals surface area contributed by atoms with Crippen LogP contribution in [0.4, 0.5) is 16.6 Å². The molecule has 1 aromatic rings. The zero-order valence-electron chi connectivity index (χ0n) is 13.7. The second kappa shape index (κ2) is 9.09. The van der Waals surface area contributed by atoms with Gasteiger partial charge in [-0.05, 0) is 13.3 Å². The Kier molecular flexibility index (Phi) is 6.79. The van der Waals surface area contributed by atoms with Gasteiger partial charge in [-0.15, -0.1) is 5.10 Å². The highest BCUT2D eigenvalue weighted by atomic mass is 16.6. The Morgan fingerprint density at radius 2 is 2.13 bits per heavy atom. The van der Waals surface area contributed by atoms with E-state index in [2.05, 4.69) is 25.4 Å². The fraction of sp³-hybridized carbons (Fsp3) is 0.714. The van der Waals surface area contributed by atoms with Gasteiger partial charge in [0, 0.05) is 46.4 Å². The zero-order valence-corrected chi connectivity index (χ0v) is 13.7. The third kappa shape index (κ3) is 5.20. The minimum Gasteiger partial charge on any atom is -0.450 e. The van der Waals surface area contributed by atoms with Crippen LogP contribution in [0.1, 0.15) is 13.3 Å². The second-order valence-corrected chi connectivity index (χ2v) is 5.08. The number of aromatic nitrogens is 3. The molecule has 0 aliphatic carbocycles. The van der Waals surface area contributed by atoms with Crippen molar-refractivity contribution < 1.29 is 14.3 Å². The number of hydrogen-bond acceptors (Lipinski definition) is 8. The summed E-state index contributed by atoms with van der Waals surface area (Å²) in [5.41, 5.74) is 0. The van der Waals surface area contributed by atoms with Crippen LogP contribution in [0.25, 0.3) is 0 Å². The van der Waals surface area contributed by atoms with E-state index in [1.165, 1.54) is 0 Å². The molecule has 0 atom stereocenters. The molecule has 9 heteroatoms.